The van der Waals surface area contributed by atoms with Crippen LogP contribution in [0.25, 0.3) is 10.8 Å². The average Bonchev–Trinajstić information content (AvgIpc) is 2.77. The van der Waals surface area contributed by atoms with Crippen LogP contribution in [-0.2, 0) is 20.7 Å². The molecule has 0 aliphatic carbocycles. The molecular weight excluding hydrogens is 380 g/mol. The summed E-state index contributed by atoms with van der Waals surface area (Å²) < 4.78 is 10.6. The fourth-order valence-electron chi connectivity index (χ4n) is 3.72. The number of anilines is 2. The van der Waals surface area contributed by atoms with Crippen molar-refractivity contribution in [3.63, 3.8) is 0 Å². The average molecular weight is 404 g/mol. The van der Waals surface area contributed by atoms with Gasteiger partial charge >= 0.3 is 0 Å². The van der Waals surface area contributed by atoms with E-state index in [1.54, 1.807) is 4.90 Å². The van der Waals surface area contributed by atoms with E-state index in [1.165, 1.54) is 7.11 Å². The number of nitrogens with zero attached hydrogens (tertiary/aromatic N) is 1. The molecule has 30 heavy (non-hydrogen) atoms. The molecule has 1 aliphatic heterocycles. The lowest BCUT2D eigenvalue weighted by Crippen LogP contribution is -2.37. The smallest absolute Gasteiger partial charge is 0.262 e. The Balaban J connectivity index is 1.41. The number of rotatable bonds is 6. The van der Waals surface area contributed by atoms with Gasteiger partial charge in [0, 0.05) is 25.0 Å². The van der Waals surface area contributed by atoms with Gasteiger partial charge in [-0.2, -0.15) is 0 Å². The van der Waals surface area contributed by atoms with Crippen molar-refractivity contribution in [2.75, 3.05) is 37.1 Å². The first-order valence-corrected chi connectivity index (χ1v) is 9.98. The van der Waals surface area contributed by atoms with E-state index in [2.05, 4.69) is 5.32 Å². The predicted molar refractivity (Wildman–Crippen MR) is 117 cm³/mol. The second kappa shape index (κ2) is 8.97. The summed E-state index contributed by atoms with van der Waals surface area (Å²) in [5.41, 5.74) is 2.56. The summed E-state index contributed by atoms with van der Waals surface area (Å²) in [4.78, 5) is 26.5. The van der Waals surface area contributed by atoms with Crippen molar-refractivity contribution in [2.45, 2.75) is 12.8 Å². The number of carbonyl (C=O) groups is 2. The predicted octanol–water partition coefficient (Wildman–Crippen LogP) is 3.78. The van der Waals surface area contributed by atoms with Crippen molar-refractivity contribution >= 4 is 34.0 Å². The van der Waals surface area contributed by atoms with Crippen LogP contribution in [0.4, 0.5) is 11.4 Å². The molecule has 1 N–H and O–H groups in total. The van der Waals surface area contributed by atoms with Crippen LogP contribution in [0.15, 0.2) is 60.7 Å². The lowest BCUT2D eigenvalue weighted by atomic mass is 10.0. The number of methoxy groups -OCH3 is 1. The molecule has 1 aliphatic rings. The van der Waals surface area contributed by atoms with Crippen LogP contribution in [0, 0.1) is 0 Å². The summed E-state index contributed by atoms with van der Waals surface area (Å²) in [5, 5.41) is 5.04. The highest BCUT2D eigenvalue weighted by Gasteiger charge is 2.23. The van der Waals surface area contributed by atoms with Crippen molar-refractivity contribution < 1.29 is 19.1 Å². The van der Waals surface area contributed by atoms with Crippen LogP contribution in [0.1, 0.15) is 12.0 Å². The molecule has 0 aromatic heterocycles. The molecule has 1 heterocycles. The van der Waals surface area contributed by atoms with E-state index in [-0.39, 0.29) is 25.0 Å². The molecule has 0 saturated carbocycles. The van der Waals surface area contributed by atoms with Gasteiger partial charge < -0.3 is 19.7 Å². The Morgan fingerprint density at radius 3 is 2.67 bits per heavy atom. The Morgan fingerprint density at radius 1 is 1.00 bits per heavy atom. The first-order valence-electron chi connectivity index (χ1n) is 9.98. The maximum absolute atomic E-state index is 12.4. The fourth-order valence-corrected chi connectivity index (χ4v) is 3.72. The highest BCUT2D eigenvalue weighted by atomic mass is 16.5. The van der Waals surface area contributed by atoms with Gasteiger partial charge in [0.15, 0.2) is 6.61 Å². The zero-order valence-electron chi connectivity index (χ0n) is 16.9. The number of amides is 2. The van der Waals surface area contributed by atoms with E-state index in [9.17, 15) is 9.59 Å². The van der Waals surface area contributed by atoms with Crippen molar-refractivity contribution in [2.24, 2.45) is 0 Å². The Morgan fingerprint density at radius 2 is 1.83 bits per heavy atom. The van der Waals surface area contributed by atoms with Crippen LogP contribution in [0.3, 0.4) is 0 Å². The number of aryl methyl sites for hydroxylation is 1. The fraction of sp³-hybridized carbons (Fsp3) is 0.250. The Labute approximate surface area is 175 Å². The molecule has 2 amide bonds. The molecular formula is C24H24N2O4. The summed E-state index contributed by atoms with van der Waals surface area (Å²) in [6.45, 7) is 0.592. The zero-order valence-corrected chi connectivity index (χ0v) is 16.9. The van der Waals surface area contributed by atoms with E-state index in [4.69, 9.17) is 9.47 Å². The minimum atomic E-state index is -0.256. The molecule has 154 valence electrons. The van der Waals surface area contributed by atoms with Crippen molar-refractivity contribution in [1.82, 2.24) is 0 Å². The van der Waals surface area contributed by atoms with Gasteiger partial charge in [0.1, 0.15) is 12.4 Å². The van der Waals surface area contributed by atoms with E-state index in [0.29, 0.717) is 18.0 Å². The monoisotopic (exact) mass is 404 g/mol. The third-order valence-corrected chi connectivity index (χ3v) is 5.15. The first-order chi connectivity index (χ1) is 14.6. The molecule has 6 nitrogen and oxygen atoms in total. The SMILES string of the molecule is COCC(=O)N1CCCc2ccc(NC(=O)COc3ccc4ccccc4c3)cc21. The molecule has 0 fully saturated rings. The van der Waals surface area contributed by atoms with Gasteiger partial charge in [-0.1, -0.05) is 36.4 Å². The number of hydrogen-bond acceptors (Lipinski definition) is 4. The number of benzene rings is 3. The quantitative estimate of drug-likeness (QED) is 0.679. The second-order valence-corrected chi connectivity index (χ2v) is 7.27. The molecule has 3 aromatic rings. The summed E-state index contributed by atoms with van der Waals surface area (Å²) in [6.07, 6.45) is 1.82. The third kappa shape index (κ3) is 4.44. The molecule has 3 aromatic carbocycles. The maximum atomic E-state index is 12.4. The van der Waals surface area contributed by atoms with Crippen LogP contribution in [0.2, 0.25) is 0 Å². The standard InChI is InChI=1S/C24H24N2O4/c1-29-16-24(28)26-12-4-7-18-8-10-20(14-22(18)26)25-23(27)15-30-21-11-9-17-5-2-3-6-19(17)13-21/h2-3,5-6,8-11,13-14H,4,7,12,15-16H2,1H3,(H,25,27). The van der Waals surface area contributed by atoms with Gasteiger partial charge in [-0.3, -0.25) is 9.59 Å². The van der Waals surface area contributed by atoms with Crippen LogP contribution in [-0.4, -0.2) is 38.7 Å². The summed E-state index contributed by atoms with van der Waals surface area (Å²) in [5.74, 6) is 0.306. The molecule has 0 saturated heterocycles. The molecule has 0 bridgehead atoms. The highest BCUT2D eigenvalue weighted by molar-refractivity contribution is 5.97. The lowest BCUT2D eigenvalue weighted by molar-refractivity contribution is -0.122. The minimum absolute atomic E-state index is 0.0373. The number of nitrogens with one attached hydrogen (secondary N) is 1. The van der Waals surface area contributed by atoms with Crippen LogP contribution < -0.4 is 15.0 Å². The molecule has 4 rings (SSSR count). The zero-order chi connectivity index (χ0) is 20.9. The van der Waals surface area contributed by atoms with Crippen molar-refractivity contribution in [3.05, 3.63) is 66.2 Å². The van der Waals surface area contributed by atoms with E-state index in [0.717, 1.165) is 34.9 Å². The number of hydrogen-bond donors (Lipinski definition) is 1. The van der Waals surface area contributed by atoms with Crippen molar-refractivity contribution in [3.8, 4) is 5.75 Å². The third-order valence-electron chi connectivity index (χ3n) is 5.15. The van der Waals surface area contributed by atoms with Crippen molar-refractivity contribution in [1.29, 1.82) is 0 Å². The number of ether oxygens (including phenoxy) is 2. The normalized spacial score (nSPS) is 13.0. The highest BCUT2D eigenvalue weighted by Crippen LogP contribution is 2.30. The minimum Gasteiger partial charge on any atom is -0.484 e. The Bertz CT molecular complexity index is 1080. The van der Waals surface area contributed by atoms with Gasteiger partial charge in [-0.25, -0.2) is 0 Å². The topological polar surface area (TPSA) is 67.9 Å². The van der Waals surface area contributed by atoms with Gasteiger partial charge in [0.25, 0.3) is 11.8 Å². The summed E-state index contributed by atoms with van der Waals surface area (Å²) >= 11 is 0. The van der Waals surface area contributed by atoms with Gasteiger partial charge in [0.05, 0.1) is 0 Å². The Kier molecular flexibility index (Phi) is 5.95. The Hall–Kier alpha value is -3.38. The molecule has 6 heteroatoms. The molecule has 0 radical (unpaired) electrons. The van der Waals surface area contributed by atoms with Gasteiger partial charge in [0.2, 0.25) is 0 Å². The first kappa shape index (κ1) is 19.9. The van der Waals surface area contributed by atoms with E-state index < -0.39 is 0 Å². The molecule has 0 spiro atoms. The number of fused-ring (bicyclic) bond motifs is 2. The van der Waals surface area contributed by atoms with Crippen LogP contribution in [0.5, 0.6) is 5.75 Å². The summed E-state index contributed by atoms with van der Waals surface area (Å²) in [7, 11) is 1.51. The molecule has 0 unspecified atom stereocenters. The summed E-state index contributed by atoms with van der Waals surface area (Å²) in [6, 6.07) is 19.4. The van der Waals surface area contributed by atoms with Crippen LogP contribution >= 0.6 is 0 Å². The van der Waals surface area contributed by atoms with Gasteiger partial charge in [-0.15, -0.1) is 0 Å². The van der Waals surface area contributed by atoms with Gasteiger partial charge in [-0.05, 0) is 53.4 Å². The van der Waals surface area contributed by atoms with E-state index in [1.807, 2.05) is 60.7 Å². The number of carbonyl (C=O) groups excluding carboxylic acids is 2. The second-order valence-electron chi connectivity index (χ2n) is 7.27. The lowest BCUT2D eigenvalue weighted by Gasteiger charge is -2.29. The van der Waals surface area contributed by atoms with E-state index >= 15 is 0 Å². The largest absolute Gasteiger partial charge is 0.484 e. The molecule has 0 atom stereocenters. The maximum Gasteiger partial charge on any atom is 0.262 e.